The lowest BCUT2D eigenvalue weighted by molar-refractivity contribution is -0.135. The molecule has 1 fully saturated rings. The van der Waals surface area contributed by atoms with Crippen LogP contribution < -0.4 is 10.6 Å². The van der Waals surface area contributed by atoms with Crippen molar-refractivity contribution >= 4 is 23.6 Å². The highest BCUT2D eigenvalue weighted by atomic mass is 16.5. The van der Waals surface area contributed by atoms with Crippen LogP contribution in [0.5, 0.6) is 0 Å². The number of likely N-dealkylation sites (tertiary alicyclic amines) is 1. The molecule has 1 aromatic rings. The van der Waals surface area contributed by atoms with Crippen LogP contribution in [0.15, 0.2) is 30.3 Å². The standard InChI is InChI=1S/C15H19N3O4/c1-22-15(21)16-10-13(19)18-9-5-8-12(18)14(20)17-11-6-3-2-4-7-11/h2-4,6-7,12H,5,8-10H2,1H3,(H,16,21)(H,17,20). The SMILES string of the molecule is COC(=O)NCC(=O)N1CCCC1C(=O)Nc1ccccc1. The summed E-state index contributed by atoms with van der Waals surface area (Å²) < 4.78 is 4.42. The molecule has 2 rings (SSSR count). The van der Waals surface area contributed by atoms with E-state index in [-0.39, 0.29) is 18.4 Å². The number of nitrogens with zero attached hydrogens (tertiary/aromatic N) is 1. The van der Waals surface area contributed by atoms with Crippen LogP contribution in [0.4, 0.5) is 10.5 Å². The third kappa shape index (κ3) is 3.97. The van der Waals surface area contributed by atoms with E-state index in [1.54, 1.807) is 12.1 Å². The van der Waals surface area contributed by atoms with Crippen LogP contribution in [0.3, 0.4) is 0 Å². The van der Waals surface area contributed by atoms with E-state index in [1.165, 1.54) is 12.0 Å². The molecule has 0 bridgehead atoms. The molecule has 3 amide bonds. The number of rotatable bonds is 4. The minimum Gasteiger partial charge on any atom is -0.453 e. The van der Waals surface area contributed by atoms with Crippen molar-refractivity contribution in [2.24, 2.45) is 0 Å². The van der Waals surface area contributed by atoms with Gasteiger partial charge in [0, 0.05) is 12.2 Å². The molecule has 22 heavy (non-hydrogen) atoms. The number of para-hydroxylation sites is 1. The predicted octanol–water partition coefficient (Wildman–Crippen LogP) is 0.972. The Morgan fingerprint density at radius 2 is 2.00 bits per heavy atom. The van der Waals surface area contributed by atoms with Gasteiger partial charge in [0.1, 0.15) is 12.6 Å². The number of amides is 3. The van der Waals surface area contributed by atoms with Crippen LogP contribution in [-0.4, -0.2) is 49.0 Å². The van der Waals surface area contributed by atoms with E-state index in [9.17, 15) is 14.4 Å². The quantitative estimate of drug-likeness (QED) is 0.867. The van der Waals surface area contributed by atoms with Crippen molar-refractivity contribution in [2.75, 3.05) is 25.5 Å². The molecule has 7 heteroatoms. The first-order chi connectivity index (χ1) is 10.6. The Labute approximate surface area is 128 Å². The van der Waals surface area contributed by atoms with Crippen LogP contribution in [0.1, 0.15) is 12.8 Å². The highest BCUT2D eigenvalue weighted by Gasteiger charge is 2.33. The average molecular weight is 305 g/mol. The Balaban J connectivity index is 1.93. The summed E-state index contributed by atoms with van der Waals surface area (Å²) in [5.41, 5.74) is 0.694. The Morgan fingerprint density at radius 3 is 2.68 bits per heavy atom. The smallest absolute Gasteiger partial charge is 0.407 e. The van der Waals surface area contributed by atoms with Crippen LogP contribution in [0, 0.1) is 0 Å². The number of methoxy groups -OCH3 is 1. The lowest BCUT2D eigenvalue weighted by atomic mass is 10.2. The van der Waals surface area contributed by atoms with Gasteiger partial charge in [-0.15, -0.1) is 0 Å². The average Bonchev–Trinajstić information content (AvgIpc) is 3.03. The van der Waals surface area contributed by atoms with Crippen molar-refractivity contribution in [1.29, 1.82) is 0 Å². The third-order valence-electron chi connectivity index (χ3n) is 3.49. The fourth-order valence-electron chi connectivity index (χ4n) is 2.41. The van der Waals surface area contributed by atoms with Gasteiger partial charge in [-0.2, -0.15) is 0 Å². The summed E-state index contributed by atoms with van der Waals surface area (Å²) in [6.45, 7) is 0.330. The van der Waals surface area contributed by atoms with Crippen LogP contribution in [0.2, 0.25) is 0 Å². The van der Waals surface area contributed by atoms with E-state index in [2.05, 4.69) is 15.4 Å². The number of alkyl carbamates (subject to hydrolysis) is 1. The topological polar surface area (TPSA) is 87.7 Å². The van der Waals surface area contributed by atoms with Crippen molar-refractivity contribution in [1.82, 2.24) is 10.2 Å². The van der Waals surface area contributed by atoms with E-state index in [0.29, 0.717) is 18.7 Å². The molecule has 1 saturated heterocycles. The summed E-state index contributed by atoms with van der Waals surface area (Å²) in [6.07, 6.45) is 0.706. The van der Waals surface area contributed by atoms with Gasteiger partial charge in [-0.3, -0.25) is 9.59 Å². The first kappa shape index (κ1) is 15.8. The second-order valence-electron chi connectivity index (χ2n) is 4.95. The third-order valence-corrected chi connectivity index (χ3v) is 3.49. The molecule has 0 spiro atoms. The Kier molecular flexibility index (Phi) is 5.35. The van der Waals surface area contributed by atoms with E-state index < -0.39 is 12.1 Å². The summed E-state index contributed by atoms with van der Waals surface area (Å²) in [5, 5.41) is 5.13. The van der Waals surface area contributed by atoms with Crippen molar-refractivity contribution in [2.45, 2.75) is 18.9 Å². The number of hydrogen-bond acceptors (Lipinski definition) is 4. The maximum Gasteiger partial charge on any atom is 0.407 e. The van der Waals surface area contributed by atoms with Gasteiger partial charge in [0.25, 0.3) is 0 Å². The van der Waals surface area contributed by atoms with Crippen LogP contribution in [-0.2, 0) is 14.3 Å². The van der Waals surface area contributed by atoms with Crippen molar-refractivity contribution < 1.29 is 19.1 Å². The molecule has 0 saturated carbocycles. The highest BCUT2D eigenvalue weighted by molar-refractivity contribution is 5.98. The van der Waals surface area contributed by atoms with Crippen molar-refractivity contribution in [3.05, 3.63) is 30.3 Å². The Hall–Kier alpha value is -2.57. The summed E-state index contributed by atoms with van der Waals surface area (Å²) in [4.78, 5) is 36.9. The largest absolute Gasteiger partial charge is 0.453 e. The van der Waals surface area contributed by atoms with Crippen molar-refractivity contribution in [3.63, 3.8) is 0 Å². The Morgan fingerprint density at radius 1 is 1.27 bits per heavy atom. The molecule has 1 heterocycles. The number of nitrogens with one attached hydrogen (secondary N) is 2. The van der Waals surface area contributed by atoms with Crippen molar-refractivity contribution in [3.8, 4) is 0 Å². The molecule has 118 valence electrons. The molecule has 0 aromatic heterocycles. The molecule has 2 N–H and O–H groups in total. The highest BCUT2D eigenvalue weighted by Crippen LogP contribution is 2.19. The zero-order valence-corrected chi connectivity index (χ0v) is 12.4. The number of anilines is 1. The second kappa shape index (κ2) is 7.44. The first-order valence-corrected chi connectivity index (χ1v) is 7.09. The van der Waals surface area contributed by atoms with Gasteiger partial charge in [0.05, 0.1) is 7.11 Å². The van der Waals surface area contributed by atoms with Gasteiger partial charge in [-0.05, 0) is 25.0 Å². The second-order valence-corrected chi connectivity index (χ2v) is 4.95. The summed E-state index contributed by atoms with van der Waals surface area (Å²) in [7, 11) is 1.23. The number of hydrogen-bond donors (Lipinski definition) is 2. The lowest BCUT2D eigenvalue weighted by Crippen LogP contribution is -2.47. The van der Waals surface area contributed by atoms with Gasteiger partial charge in [-0.25, -0.2) is 4.79 Å². The normalized spacial score (nSPS) is 17.0. The van der Waals surface area contributed by atoms with Crippen LogP contribution in [0.25, 0.3) is 0 Å². The fraction of sp³-hybridized carbons (Fsp3) is 0.400. The molecule has 7 nitrogen and oxygen atoms in total. The van der Waals surface area contributed by atoms with E-state index in [0.717, 1.165) is 6.42 Å². The number of ether oxygens (including phenoxy) is 1. The summed E-state index contributed by atoms with van der Waals surface area (Å²) >= 11 is 0. The van der Waals surface area contributed by atoms with E-state index >= 15 is 0 Å². The molecule has 1 atom stereocenters. The van der Waals surface area contributed by atoms with Crippen LogP contribution >= 0.6 is 0 Å². The molecular weight excluding hydrogens is 286 g/mol. The van der Waals surface area contributed by atoms with Gasteiger partial charge >= 0.3 is 6.09 Å². The molecule has 1 aliphatic rings. The molecule has 1 unspecified atom stereocenters. The van der Waals surface area contributed by atoms with E-state index in [4.69, 9.17) is 0 Å². The maximum absolute atomic E-state index is 12.3. The fourth-order valence-corrected chi connectivity index (χ4v) is 2.41. The number of carbonyl (C=O) groups excluding carboxylic acids is 3. The molecule has 1 aliphatic heterocycles. The summed E-state index contributed by atoms with van der Waals surface area (Å²) in [5.74, 6) is -0.508. The van der Waals surface area contributed by atoms with E-state index in [1.807, 2.05) is 18.2 Å². The Bertz CT molecular complexity index is 547. The molecule has 1 aromatic carbocycles. The predicted molar refractivity (Wildman–Crippen MR) is 80.2 cm³/mol. The number of benzene rings is 1. The molecule has 0 aliphatic carbocycles. The van der Waals surface area contributed by atoms with Gasteiger partial charge in [-0.1, -0.05) is 18.2 Å². The van der Waals surface area contributed by atoms with Gasteiger partial charge in [0.2, 0.25) is 11.8 Å². The first-order valence-electron chi connectivity index (χ1n) is 7.09. The zero-order valence-electron chi connectivity index (χ0n) is 12.4. The molecular formula is C15H19N3O4. The van der Waals surface area contributed by atoms with Gasteiger partial charge in [0.15, 0.2) is 0 Å². The van der Waals surface area contributed by atoms with Gasteiger partial charge < -0.3 is 20.3 Å². The number of carbonyl (C=O) groups is 3. The summed E-state index contributed by atoms with van der Waals surface area (Å²) in [6, 6.07) is 8.59. The maximum atomic E-state index is 12.3. The lowest BCUT2D eigenvalue weighted by Gasteiger charge is -2.24. The minimum atomic E-state index is -0.669. The monoisotopic (exact) mass is 305 g/mol. The molecule has 0 radical (unpaired) electrons. The minimum absolute atomic E-state index is 0.179. The zero-order chi connectivity index (χ0) is 15.9.